The van der Waals surface area contributed by atoms with Gasteiger partial charge >= 0.3 is 6.09 Å². The number of anilines is 1. The number of carbonyl (C=O) groups excluding carboxylic acids is 2. The van der Waals surface area contributed by atoms with Crippen LogP contribution in [0.3, 0.4) is 0 Å². The third-order valence-corrected chi connectivity index (χ3v) is 3.53. The van der Waals surface area contributed by atoms with Crippen LogP contribution in [-0.2, 0) is 0 Å². The first-order valence-corrected chi connectivity index (χ1v) is 7.87. The van der Waals surface area contributed by atoms with Crippen LogP contribution in [0.2, 0.25) is 0 Å². The summed E-state index contributed by atoms with van der Waals surface area (Å²) in [6.45, 7) is 5.36. The summed E-state index contributed by atoms with van der Waals surface area (Å²) in [4.78, 5) is 24.1. The van der Waals surface area contributed by atoms with Crippen LogP contribution in [0.25, 0.3) is 0 Å². The molecule has 2 N–H and O–H groups in total. The molecule has 2 rings (SSSR count). The van der Waals surface area contributed by atoms with E-state index in [-0.39, 0.29) is 16.3 Å². The minimum atomic E-state index is -0.808. The van der Waals surface area contributed by atoms with Crippen molar-refractivity contribution < 1.29 is 23.1 Å². The molecule has 0 saturated heterocycles. The fourth-order valence-electron chi connectivity index (χ4n) is 1.79. The molecule has 24 heavy (non-hydrogen) atoms. The number of carbonyl (C=O) groups is 2. The number of thiophene rings is 1. The Hall–Kier alpha value is -2.48. The van der Waals surface area contributed by atoms with Gasteiger partial charge in [-0.1, -0.05) is 0 Å². The van der Waals surface area contributed by atoms with E-state index in [2.05, 4.69) is 10.6 Å². The molecule has 0 radical (unpaired) electrons. The van der Waals surface area contributed by atoms with E-state index in [0.29, 0.717) is 6.07 Å². The number of ether oxygens (including phenoxy) is 1. The molecule has 0 unspecified atom stereocenters. The second-order valence-corrected chi connectivity index (χ2v) is 6.91. The van der Waals surface area contributed by atoms with E-state index < -0.39 is 29.2 Å². The first-order chi connectivity index (χ1) is 11.1. The van der Waals surface area contributed by atoms with E-state index in [9.17, 15) is 18.4 Å². The maximum absolute atomic E-state index is 13.2. The highest BCUT2D eigenvalue weighted by Gasteiger charge is 2.20. The predicted molar refractivity (Wildman–Crippen MR) is 87.5 cm³/mol. The van der Waals surface area contributed by atoms with Crippen LogP contribution in [-0.4, -0.2) is 17.5 Å². The van der Waals surface area contributed by atoms with Gasteiger partial charge in [-0.25, -0.2) is 13.6 Å². The molecule has 0 aliphatic rings. The predicted octanol–water partition coefficient (Wildman–Crippen LogP) is 4.17. The number of hydrogen-bond donors (Lipinski definition) is 2. The molecule has 128 valence electrons. The number of hydrogen-bond acceptors (Lipinski definition) is 4. The molecule has 0 aliphatic carbocycles. The van der Waals surface area contributed by atoms with Crippen molar-refractivity contribution >= 4 is 29.0 Å². The van der Waals surface area contributed by atoms with Crippen molar-refractivity contribution in [3.05, 3.63) is 46.2 Å². The Morgan fingerprint density at radius 2 is 1.75 bits per heavy atom. The first-order valence-electron chi connectivity index (χ1n) is 6.99. The Labute approximate surface area is 141 Å². The molecule has 5 nitrogen and oxygen atoms in total. The van der Waals surface area contributed by atoms with Crippen LogP contribution in [0.4, 0.5) is 19.3 Å². The quantitative estimate of drug-likeness (QED) is 0.869. The zero-order chi connectivity index (χ0) is 17.9. The topological polar surface area (TPSA) is 67.4 Å². The van der Waals surface area contributed by atoms with Crippen molar-refractivity contribution in [1.82, 2.24) is 5.32 Å². The molecule has 0 fully saturated rings. The lowest BCUT2D eigenvalue weighted by Gasteiger charge is -2.19. The minimum absolute atomic E-state index is 0.0315. The number of rotatable bonds is 3. The number of benzene rings is 1. The largest absolute Gasteiger partial charge is 0.413 e. The summed E-state index contributed by atoms with van der Waals surface area (Å²) in [5, 5.41) is 6.54. The molecular formula is C16H16F2N2O3S. The van der Waals surface area contributed by atoms with E-state index in [1.54, 1.807) is 26.2 Å². The van der Waals surface area contributed by atoms with Crippen LogP contribution in [0.5, 0.6) is 5.75 Å². The van der Waals surface area contributed by atoms with Crippen LogP contribution in [0.1, 0.15) is 30.4 Å². The van der Waals surface area contributed by atoms with Gasteiger partial charge in [0, 0.05) is 17.3 Å². The second-order valence-electron chi connectivity index (χ2n) is 5.99. The summed E-state index contributed by atoms with van der Waals surface area (Å²) in [6.07, 6.45) is -0.702. The van der Waals surface area contributed by atoms with Gasteiger partial charge < -0.3 is 15.4 Å². The van der Waals surface area contributed by atoms with Crippen LogP contribution >= 0.6 is 11.3 Å². The lowest BCUT2D eigenvalue weighted by molar-refractivity contribution is 0.102. The maximum atomic E-state index is 13.2. The zero-order valence-corrected chi connectivity index (χ0v) is 14.1. The number of halogens is 2. The summed E-state index contributed by atoms with van der Waals surface area (Å²) in [6, 6.07) is 4.14. The maximum Gasteiger partial charge on any atom is 0.413 e. The highest BCUT2D eigenvalue weighted by molar-refractivity contribution is 7.12. The van der Waals surface area contributed by atoms with E-state index in [1.807, 2.05) is 0 Å². The Morgan fingerprint density at radius 1 is 1.12 bits per heavy atom. The summed E-state index contributed by atoms with van der Waals surface area (Å²) in [5.41, 5.74) is -0.523. The van der Waals surface area contributed by atoms with Gasteiger partial charge in [-0.2, -0.15) is 0 Å². The van der Waals surface area contributed by atoms with Gasteiger partial charge in [0.25, 0.3) is 5.91 Å². The molecule has 0 atom stereocenters. The molecular weight excluding hydrogens is 338 g/mol. The lowest BCUT2D eigenvalue weighted by Crippen LogP contribution is -2.42. The average molecular weight is 354 g/mol. The Balaban J connectivity index is 2.11. The van der Waals surface area contributed by atoms with Crippen molar-refractivity contribution in [2.45, 2.75) is 26.3 Å². The monoisotopic (exact) mass is 354 g/mol. The van der Waals surface area contributed by atoms with Gasteiger partial charge in [0.05, 0.1) is 0 Å². The normalized spacial score (nSPS) is 11.0. The van der Waals surface area contributed by atoms with Gasteiger partial charge in [0.1, 0.15) is 16.5 Å². The molecule has 1 heterocycles. The Kier molecular flexibility index (Phi) is 5.18. The molecule has 8 heteroatoms. The third kappa shape index (κ3) is 5.02. The fraction of sp³-hybridized carbons (Fsp3) is 0.250. The average Bonchev–Trinajstić information content (AvgIpc) is 2.82. The number of nitrogens with one attached hydrogen (secondary N) is 2. The summed E-state index contributed by atoms with van der Waals surface area (Å²) < 4.78 is 31.4. The van der Waals surface area contributed by atoms with E-state index in [1.165, 1.54) is 6.07 Å². The van der Waals surface area contributed by atoms with Crippen LogP contribution in [0, 0.1) is 11.6 Å². The first kappa shape index (κ1) is 17.9. The second kappa shape index (κ2) is 6.96. The highest BCUT2D eigenvalue weighted by Crippen LogP contribution is 2.26. The Bertz CT molecular complexity index is 749. The highest BCUT2D eigenvalue weighted by atomic mass is 32.1. The molecule has 1 aromatic carbocycles. The molecule has 2 amide bonds. The molecule has 0 saturated carbocycles. The summed E-state index contributed by atoms with van der Waals surface area (Å²) >= 11 is 1.04. The van der Waals surface area contributed by atoms with Crippen molar-refractivity contribution in [3.63, 3.8) is 0 Å². The van der Waals surface area contributed by atoms with E-state index in [4.69, 9.17) is 4.74 Å². The van der Waals surface area contributed by atoms with Crippen molar-refractivity contribution in [2.24, 2.45) is 0 Å². The molecule has 0 aliphatic heterocycles. The number of amides is 2. The standard InChI is InChI=1S/C16H16F2N2O3S/c1-16(2,3)20-15(22)23-12-4-5-24-13(12)14(21)19-11-7-9(17)6-10(18)8-11/h4-8H,1-3H3,(H,19,21)(H,20,22). The molecule has 2 aromatic rings. The molecule has 1 aromatic heterocycles. The van der Waals surface area contributed by atoms with Crippen molar-refractivity contribution in [2.75, 3.05) is 5.32 Å². The minimum Gasteiger partial charge on any atom is -0.409 e. The summed E-state index contributed by atoms with van der Waals surface area (Å²) in [5.74, 6) is -2.18. The van der Waals surface area contributed by atoms with Crippen LogP contribution < -0.4 is 15.4 Å². The van der Waals surface area contributed by atoms with E-state index >= 15 is 0 Å². The fourth-order valence-corrected chi connectivity index (χ4v) is 2.50. The Morgan fingerprint density at radius 3 is 2.33 bits per heavy atom. The molecule has 0 bridgehead atoms. The molecule has 0 spiro atoms. The lowest BCUT2D eigenvalue weighted by atomic mass is 10.1. The van der Waals surface area contributed by atoms with Crippen LogP contribution in [0.15, 0.2) is 29.6 Å². The smallest absolute Gasteiger partial charge is 0.409 e. The third-order valence-electron chi connectivity index (χ3n) is 2.64. The SMILES string of the molecule is CC(C)(C)NC(=O)Oc1ccsc1C(=O)Nc1cc(F)cc(F)c1. The van der Waals surface area contributed by atoms with Crippen molar-refractivity contribution in [1.29, 1.82) is 0 Å². The summed E-state index contributed by atoms with van der Waals surface area (Å²) in [7, 11) is 0. The van der Waals surface area contributed by atoms with Gasteiger partial charge in [-0.15, -0.1) is 11.3 Å². The van der Waals surface area contributed by atoms with Gasteiger partial charge in [0.15, 0.2) is 5.75 Å². The van der Waals surface area contributed by atoms with Gasteiger partial charge in [0.2, 0.25) is 0 Å². The van der Waals surface area contributed by atoms with Gasteiger partial charge in [-0.05, 0) is 44.4 Å². The van der Waals surface area contributed by atoms with Crippen molar-refractivity contribution in [3.8, 4) is 5.75 Å². The zero-order valence-electron chi connectivity index (χ0n) is 13.3. The van der Waals surface area contributed by atoms with E-state index in [0.717, 1.165) is 23.5 Å². The van der Waals surface area contributed by atoms with Gasteiger partial charge in [-0.3, -0.25) is 4.79 Å².